The number of hydrogen-bond donors (Lipinski definition) is 5. The molecule has 84 heavy (non-hydrogen) atoms. The average Bonchev–Trinajstić information content (AvgIpc) is 1.71. The van der Waals surface area contributed by atoms with E-state index >= 15 is 0 Å². The second-order valence-corrected chi connectivity index (χ2v) is 22.4. The highest BCUT2D eigenvalue weighted by Crippen LogP contribution is 2.50. The van der Waals surface area contributed by atoms with Gasteiger partial charge in [0.1, 0.15) is 67.1 Å². The van der Waals surface area contributed by atoms with Crippen LogP contribution in [-0.4, -0.2) is 176 Å². The Labute approximate surface area is 505 Å². The van der Waals surface area contributed by atoms with Crippen molar-refractivity contribution in [1.82, 2.24) is 40.4 Å². The van der Waals surface area contributed by atoms with Crippen molar-refractivity contribution in [2.24, 2.45) is 5.92 Å². The van der Waals surface area contributed by atoms with Crippen LogP contribution in [0, 0.1) is 5.92 Å². The predicted molar refractivity (Wildman–Crippen MR) is 317 cm³/mol. The number of amides is 6. The van der Waals surface area contributed by atoms with Gasteiger partial charge in [-0.3, -0.25) is 43.8 Å². The van der Waals surface area contributed by atoms with Crippen LogP contribution >= 0.6 is 46.4 Å². The van der Waals surface area contributed by atoms with E-state index < -0.39 is 54.3 Å². The highest BCUT2D eigenvalue weighted by atomic mass is 35.5. The number of nitrogens with one attached hydrogen (secondary N) is 4. The third kappa shape index (κ3) is 12.4. The van der Waals surface area contributed by atoms with E-state index in [-0.39, 0.29) is 123 Å². The van der Waals surface area contributed by atoms with Gasteiger partial charge in [-0.25, -0.2) is 19.6 Å². The molecule has 2 aromatic carbocycles. The lowest BCUT2D eigenvalue weighted by molar-refractivity contribution is -0.149. The molecule has 1 aliphatic carbocycles. The molecule has 9 rings (SSSR count). The number of benzene rings is 2. The minimum absolute atomic E-state index is 0.0175. The summed E-state index contributed by atoms with van der Waals surface area (Å²) in [5, 5.41) is 25.0. The fraction of sp³-hybridized carbons (Fsp3) is 0.473. The van der Waals surface area contributed by atoms with Crippen LogP contribution in [0.3, 0.4) is 0 Å². The van der Waals surface area contributed by atoms with Crippen molar-refractivity contribution in [3.05, 3.63) is 81.1 Å². The quantitative estimate of drug-likeness (QED) is 0.0495. The van der Waals surface area contributed by atoms with Gasteiger partial charge in [-0.2, -0.15) is 9.97 Å². The summed E-state index contributed by atoms with van der Waals surface area (Å²) in [4.78, 5) is 94.2. The van der Waals surface area contributed by atoms with E-state index in [0.29, 0.717) is 61.4 Å². The summed E-state index contributed by atoms with van der Waals surface area (Å²) in [6.45, 7) is 10.1. The number of fused-ring (bicyclic) bond motifs is 2. The summed E-state index contributed by atoms with van der Waals surface area (Å²) in [6, 6.07) is -0.0832. The average molecular weight is 1240 g/mol. The number of carbonyl (C=O) groups is 5. The van der Waals surface area contributed by atoms with Crippen molar-refractivity contribution in [3.8, 4) is 23.0 Å². The van der Waals surface area contributed by atoms with Crippen molar-refractivity contribution < 1.29 is 52.8 Å². The summed E-state index contributed by atoms with van der Waals surface area (Å²) in [6.07, 6.45) is 6.44. The van der Waals surface area contributed by atoms with Crippen LogP contribution in [0.5, 0.6) is 23.0 Å². The van der Waals surface area contributed by atoms with Crippen LogP contribution in [0.2, 0.25) is 20.1 Å². The molecule has 6 amide bonds. The SMILES string of the molecule is C=CC(=O)NC1CN(C(O)C2CCC(Oc3cc(OC)c(Cl)c(N4Cc5cnc(NC6CCC(C(=O)OCC)CC6NC(=O)C=C)nc5N(C)C4=O)c3Cl)CN2C)CC1Nc1ncc2c(n1)N(C)C(=O)N(c1c(Cl)c(OC)cc(OC)c1Cl)C2. The molecule has 2 aromatic heterocycles. The summed E-state index contributed by atoms with van der Waals surface area (Å²) in [7, 11) is 9.34. The van der Waals surface area contributed by atoms with E-state index in [1.54, 1.807) is 39.5 Å². The lowest BCUT2D eigenvalue weighted by atomic mass is 9.82. The number of likely N-dealkylation sites (tertiary alicyclic amines) is 2. The Balaban J connectivity index is 0.859. The second kappa shape index (κ2) is 26.0. The number of anilines is 6. The first-order valence-corrected chi connectivity index (χ1v) is 28.6. The minimum Gasteiger partial charge on any atom is -0.495 e. The molecule has 0 spiro atoms. The molecule has 5 aliphatic rings. The third-order valence-corrected chi connectivity index (χ3v) is 17.2. The molecule has 25 nitrogen and oxygen atoms in total. The van der Waals surface area contributed by atoms with Gasteiger partial charge in [0.05, 0.1) is 76.4 Å². The Hall–Kier alpha value is -7.13. The molecule has 2 saturated heterocycles. The van der Waals surface area contributed by atoms with Crippen molar-refractivity contribution in [2.75, 3.05) is 98.9 Å². The number of hydrogen-bond acceptors (Lipinski definition) is 19. The van der Waals surface area contributed by atoms with Gasteiger partial charge >= 0.3 is 18.0 Å². The smallest absolute Gasteiger partial charge is 0.330 e. The monoisotopic (exact) mass is 1240 g/mol. The van der Waals surface area contributed by atoms with E-state index in [1.807, 2.05) is 16.8 Å². The Kier molecular flexibility index (Phi) is 19.0. The minimum atomic E-state index is -0.995. The molecule has 8 unspecified atom stereocenters. The fourth-order valence-corrected chi connectivity index (χ4v) is 12.8. The number of methoxy groups -OCH3 is 3. The van der Waals surface area contributed by atoms with Gasteiger partial charge < -0.3 is 50.1 Å². The molecule has 8 atom stereocenters. The van der Waals surface area contributed by atoms with Gasteiger partial charge in [0.25, 0.3) is 0 Å². The summed E-state index contributed by atoms with van der Waals surface area (Å²) < 4.78 is 28.5. The maximum absolute atomic E-state index is 14.4. The third-order valence-electron chi connectivity index (χ3n) is 15.8. The first-order valence-electron chi connectivity index (χ1n) is 27.0. The number of aromatic nitrogens is 4. The molecule has 6 heterocycles. The maximum atomic E-state index is 14.4. The largest absolute Gasteiger partial charge is 0.495 e. The number of nitrogens with zero attached hydrogens (tertiary/aromatic N) is 10. The Bertz CT molecular complexity index is 3210. The molecule has 1 saturated carbocycles. The van der Waals surface area contributed by atoms with Gasteiger partial charge in [0.2, 0.25) is 23.7 Å². The van der Waals surface area contributed by atoms with Gasteiger partial charge in [0.15, 0.2) is 0 Å². The van der Waals surface area contributed by atoms with Crippen LogP contribution in [0.1, 0.15) is 50.2 Å². The number of likely N-dealkylation sites (N-methyl/N-ethyl adjacent to an activating group) is 1. The van der Waals surface area contributed by atoms with Gasteiger partial charge in [-0.15, -0.1) is 0 Å². The molecule has 5 N–H and O–H groups in total. The van der Waals surface area contributed by atoms with Crippen molar-refractivity contribution in [3.63, 3.8) is 0 Å². The Morgan fingerprint density at radius 3 is 1.68 bits per heavy atom. The van der Waals surface area contributed by atoms with Crippen LogP contribution < -0.4 is 59.8 Å². The van der Waals surface area contributed by atoms with E-state index in [4.69, 9.17) is 80.1 Å². The van der Waals surface area contributed by atoms with E-state index in [0.717, 1.165) is 0 Å². The van der Waals surface area contributed by atoms with Crippen molar-refractivity contribution in [2.45, 2.75) is 94.7 Å². The molecule has 4 aliphatic heterocycles. The number of halogens is 4. The molecule has 29 heteroatoms. The van der Waals surface area contributed by atoms with Crippen LogP contribution in [0.25, 0.3) is 0 Å². The van der Waals surface area contributed by atoms with Crippen LogP contribution in [0.15, 0.2) is 49.8 Å². The Morgan fingerprint density at radius 2 is 1.18 bits per heavy atom. The van der Waals surface area contributed by atoms with Gasteiger partial charge in [0, 0.05) is 81.5 Å². The van der Waals surface area contributed by atoms with E-state index in [2.05, 4.69) is 44.4 Å². The molecule has 4 aromatic rings. The zero-order chi connectivity index (χ0) is 60.4. The number of piperidine rings is 1. The standard InChI is InChI=1S/C55H66Cl4N14O11/c1-10-40(74)62-32-17-27(51(77)83-12-3)13-15-31(32)64-52-60-20-28-23-73(55(79)69(5)48(28)66-52)47-44(58)38(82-9)19-39(45(47)59)84-30-14-16-35(68(4)24-30)50(76)71-25-33(63-41(75)11-2)34(26-71)65-53-61-21-29-22-72(54(78)70(6)49(29)67-53)46-42(56)36(80-7)18-37(81-8)43(46)57/h10-11,18-21,27,30-35,50,76H,1-2,12-17,22-26H2,3-9H3,(H,62,74)(H,63,75)(H,60,64,66)(H,61,65,67). The highest BCUT2D eigenvalue weighted by Gasteiger charge is 2.44. The fourth-order valence-electron chi connectivity index (χ4n) is 11.4. The number of urea groups is 2. The first kappa shape index (κ1) is 61.4. The van der Waals surface area contributed by atoms with Gasteiger partial charge in [-0.05, 0) is 58.2 Å². The number of esters is 1. The van der Waals surface area contributed by atoms with Gasteiger partial charge in [-0.1, -0.05) is 59.6 Å². The molecule has 0 radical (unpaired) electrons. The first-order chi connectivity index (χ1) is 40.2. The normalized spacial score (nSPS) is 23.0. The van der Waals surface area contributed by atoms with Crippen LogP contribution in [0.4, 0.5) is 44.5 Å². The number of rotatable bonds is 19. The number of aliphatic hydroxyl groups is 1. The number of carbonyl (C=O) groups excluding carboxylic acids is 5. The second-order valence-electron chi connectivity index (χ2n) is 20.8. The number of ether oxygens (including phenoxy) is 5. The maximum Gasteiger partial charge on any atom is 0.330 e. The highest BCUT2D eigenvalue weighted by molar-refractivity contribution is 6.43. The lowest BCUT2D eigenvalue weighted by Crippen LogP contribution is -2.55. The van der Waals surface area contributed by atoms with Crippen LogP contribution in [-0.2, 0) is 32.2 Å². The van der Waals surface area contributed by atoms with E-state index in [1.165, 1.54) is 59.1 Å². The Morgan fingerprint density at radius 1 is 0.690 bits per heavy atom. The van der Waals surface area contributed by atoms with E-state index in [9.17, 15) is 29.1 Å². The molecular formula is C55H66Cl4N14O11. The molecular weight excluding hydrogens is 1170 g/mol. The summed E-state index contributed by atoms with van der Waals surface area (Å²) in [5.41, 5.74) is 1.52. The summed E-state index contributed by atoms with van der Waals surface area (Å²) in [5.74, 6) is 0.514. The number of aliphatic hydroxyl groups excluding tert-OH is 1. The molecule has 450 valence electrons. The molecule has 0 bridgehead atoms. The summed E-state index contributed by atoms with van der Waals surface area (Å²) >= 11 is 27.6. The zero-order valence-corrected chi connectivity index (χ0v) is 50.3. The topological polar surface area (TPSA) is 271 Å². The molecule has 3 fully saturated rings. The zero-order valence-electron chi connectivity index (χ0n) is 47.3. The predicted octanol–water partition coefficient (Wildman–Crippen LogP) is 6.50. The van der Waals surface area contributed by atoms with Crippen molar-refractivity contribution in [1.29, 1.82) is 0 Å². The lowest BCUT2D eigenvalue weighted by Gasteiger charge is -2.42. The van der Waals surface area contributed by atoms with Crippen molar-refractivity contribution >= 4 is 111 Å².